The lowest BCUT2D eigenvalue weighted by atomic mass is 10.3. The van der Waals surface area contributed by atoms with E-state index in [1.165, 1.54) is 12.3 Å². The first-order valence-corrected chi connectivity index (χ1v) is 4.76. The number of nitrogens with zero attached hydrogens (tertiary/aromatic N) is 1. The van der Waals surface area contributed by atoms with Gasteiger partial charge in [-0.15, -0.1) is 0 Å². The number of nitrogens with two attached hydrogens (primary N) is 1. The molecule has 0 radical (unpaired) electrons. The molecule has 5 nitrogen and oxygen atoms in total. The minimum atomic E-state index is -0.193. The minimum absolute atomic E-state index is 0.193. The molecule has 5 heteroatoms. The molecule has 2 aromatic rings. The van der Waals surface area contributed by atoms with Crippen molar-refractivity contribution in [1.82, 2.24) is 9.97 Å². The Bertz CT molecular complexity index is 537. The van der Waals surface area contributed by atoms with E-state index in [1.54, 1.807) is 24.3 Å². The van der Waals surface area contributed by atoms with E-state index in [2.05, 4.69) is 9.97 Å². The fourth-order valence-corrected chi connectivity index (χ4v) is 1.24. The Balaban J connectivity index is 2.05. The molecule has 0 aliphatic heterocycles. The summed E-state index contributed by atoms with van der Waals surface area (Å²) >= 11 is 0. The van der Waals surface area contributed by atoms with Crippen LogP contribution < -0.4 is 16.0 Å². The van der Waals surface area contributed by atoms with Crippen LogP contribution in [-0.4, -0.2) is 9.97 Å². The standard InChI is InChI=1S/C11H11N3O2/c12-8-2-1-3-9(6-8)16-7-10-13-5-4-11(15)14-10/h1-6H,7,12H2,(H,13,14,15). The quantitative estimate of drug-likeness (QED) is 0.749. The SMILES string of the molecule is Nc1cccc(OCc2nccc(=O)[nH]2)c1. The molecule has 0 aliphatic carbocycles. The Morgan fingerprint density at radius 3 is 3.00 bits per heavy atom. The van der Waals surface area contributed by atoms with Crippen molar-refractivity contribution in [2.45, 2.75) is 6.61 Å². The molecule has 0 aliphatic rings. The highest BCUT2D eigenvalue weighted by Crippen LogP contribution is 2.14. The lowest BCUT2D eigenvalue weighted by molar-refractivity contribution is 0.295. The summed E-state index contributed by atoms with van der Waals surface area (Å²) in [5.41, 5.74) is 6.04. The maximum absolute atomic E-state index is 11.0. The fourth-order valence-electron chi connectivity index (χ4n) is 1.24. The Morgan fingerprint density at radius 1 is 1.38 bits per heavy atom. The molecule has 2 rings (SSSR count). The van der Waals surface area contributed by atoms with Gasteiger partial charge in [0.2, 0.25) is 0 Å². The largest absolute Gasteiger partial charge is 0.486 e. The summed E-state index contributed by atoms with van der Waals surface area (Å²) in [5, 5.41) is 0. The van der Waals surface area contributed by atoms with Crippen molar-refractivity contribution in [3.63, 3.8) is 0 Å². The molecule has 16 heavy (non-hydrogen) atoms. The van der Waals surface area contributed by atoms with Crippen LogP contribution in [0.25, 0.3) is 0 Å². The molecular weight excluding hydrogens is 206 g/mol. The Morgan fingerprint density at radius 2 is 2.25 bits per heavy atom. The van der Waals surface area contributed by atoms with Crippen molar-refractivity contribution in [3.8, 4) is 5.75 Å². The van der Waals surface area contributed by atoms with E-state index >= 15 is 0 Å². The van der Waals surface area contributed by atoms with Gasteiger partial charge in [0.05, 0.1) is 0 Å². The smallest absolute Gasteiger partial charge is 0.250 e. The molecule has 0 unspecified atom stereocenters. The summed E-state index contributed by atoms with van der Waals surface area (Å²) < 4.78 is 5.42. The van der Waals surface area contributed by atoms with Crippen LogP contribution in [0.4, 0.5) is 5.69 Å². The molecule has 0 atom stereocenters. The number of hydrogen-bond acceptors (Lipinski definition) is 4. The monoisotopic (exact) mass is 217 g/mol. The maximum atomic E-state index is 11.0. The minimum Gasteiger partial charge on any atom is -0.486 e. The van der Waals surface area contributed by atoms with Crippen molar-refractivity contribution >= 4 is 5.69 Å². The third-order valence-electron chi connectivity index (χ3n) is 1.96. The van der Waals surface area contributed by atoms with E-state index < -0.39 is 0 Å². The van der Waals surface area contributed by atoms with Crippen molar-refractivity contribution in [3.05, 3.63) is 52.7 Å². The zero-order valence-electron chi connectivity index (χ0n) is 8.51. The van der Waals surface area contributed by atoms with Crippen LogP contribution in [0.15, 0.2) is 41.3 Å². The molecule has 0 saturated carbocycles. The second-order valence-electron chi connectivity index (χ2n) is 3.24. The van der Waals surface area contributed by atoms with Crippen molar-refractivity contribution in [1.29, 1.82) is 0 Å². The number of hydrogen-bond donors (Lipinski definition) is 2. The predicted octanol–water partition coefficient (Wildman–Crippen LogP) is 0.931. The number of nitrogen functional groups attached to an aromatic ring is 1. The molecule has 0 amide bonds. The number of benzene rings is 1. The average Bonchev–Trinajstić information content (AvgIpc) is 2.27. The molecule has 3 N–H and O–H groups in total. The van der Waals surface area contributed by atoms with Crippen molar-refractivity contribution in [2.24, 2.45) is 0 Å². The molecule has 0 bridgehead atoms. The first kappa shape index (κ1) is 10.2. The molecule has 82 valence electrons. The normalized spacial score (nSPS) is 10.0. The summed E-state index contributed by atoms with van der Waals surface area (Å²) in [6, 6.07) is 8.42. The van der Waals surface area contributed by atoms with Gasteiger partial charge in [0.15, 0.2) is 0 Å². The highest BCUT2D eigenvalue weighted by molar-refractivity contribution is 5.43. The summed E-state index contributed by atoms with van der Waals surface area (Å²) in [6.07, 6.45) is 1.44. The maximum Gasteiger partial charge on any atom is 0.250 e. The third kappa shape index (κ3) is 2.60. The Hall–Kier alpha value is -2.30. The van der Waals surface area contributed by atoms with Gasteiger partial charge in [-0.25, -0.2) is 4.98 Å². The molecule has 0 saturated heterocycles. The first-order valence-electron chi connectivity index (χ1n) is 4.76. The molecule has 1 heterocycles. The van der Waals surface area contributed by atoms with Crippen LogP contribution in [0.2, 0.25) is 0 Å². The lowest BCUT2D eigenvalue weighted by Gasteiger charge is -2.05. The Labute approximate surface area is 91.9 Å². The zero-order valence-corrected chi connectivity index (χ0v) is 8.51. The number of ether oxygens (including phenoxy) is 1. The number of aromatic amines is 1. The molecule has 1 aromatic carbocycles. The van der Waals surface area contributed by atoms with Gasteiger partial charge in [-0.05, 0) is 12.1 Å². The van der Waals surface area contributed by atoms with Crippen LogP contribution in [0.3, 0.4) is 0 Å². The molecular formula is C11H11N3O2. The van der Waals surface area contributed by atoms with Crippen LogP contribution in [0, 0.1) is 0 Å². The van der Waals surface area contributed by atoms with Gasteiger partial charge in [-0.2, -0.15) is 0 Å². The van der Waals surface area contributed by atoms with Gasteiger partial charge in [0, 0.05) is 24.0 Å². The van der Waals surface area contributed by atoms with Gasteiger partial charge in [-0.3, -0.25) is 4.79 Å². The number of rotatable bonds is 3. The predicted molar refractivity (Wildman–Crippen MR) is 60.0 cm³/mol. The van der Waals surface area contributed by atoms with Crippen molar-refractivity contribution < 1.29 is 4.74 Å². The van der Waals surface area contributed by atoms with E-state index in [0.29, 0.717) is 17.3 Å². The molecule has 0 fully saturated rings. The summed E-state index contributed by atoms with van der Waals surface area (Å²) in [6.45, 7) is 0.208. The van der Waals surface area contributed by atoms with E-state index in [0.717, 1.165) is 0 Å². The average molecular weight is 217 g/mol. The number of anilines is 1. The second kappa shape index (κ2) is 4.48. The Kier molecular flexibility index (Phi) is 2.86. The van der Waals surface area contributed by atoms with Crippen LogP contribution in [0.5, 0.6) is 5.75 Å². The van der Waals surface area contributed by atoms with Crippen LogP contribution in [-0.2, 0) is 6.61 Å². The van der Waals surface area contributed by atoms with Crippen molar-refractivity contribution in [2.75, 3.05) is 5.73 Å². The lowest BCUT2D eigenvalue weighted by Crippen LogP contribution is -2.11. The van der Waals surface area contributed by atoms with Crippen LogP contribution >= 0.6 is 0 Å². The van der Waals surface area contributed by atoms with Gasteiger partial charge in [-0.1, -0.05) is 6.07 Å². The molecule has 0 spiro atoms. The summed E-state index contributed by atoms with van der Waals surface area (Å²) in [4.78, 5) is 17.5. The van der Waals surface area contributed by atoms with E-state index in [-0.39, 0.29) is 12.2 Å². The topological polar surface area (TPSA) is 81.0 Å². The van der Waals surface area contributed by atoms with Gasteiger partial charge in [0.1, 0.15) is 18.2 Å². The van der Waals surface area contributed by atoms with Crippen LogP contribution in [0.1, 0.15) is 5.82 Å². The van der Waals surface area contributed by atoms with Gasteiger partial charge < -0.3 is 15.5 Å². The van der Waals surface area contributed by atoms with E-state index in [4.69, 9.17) is 10.5 Å². The number of H-pyrrole nitrogens is 1. The third-order valence-corrected chi connectivity index (χ3v) is 1.96. The van der Waals surface area contributed by atoms with Gasteiger partial charge in [0.25, 0.3) is 5.56 Å². The second-order valence-corrected chi connectivity index (χ2v) is 3.24. The highest BCUT2D eigenvalue weighted by atomic mass is 16.5. The highest BCUT2D eigenvalue weighted by Gasteiger charge is 1.98. The number of aromatic nitrogens is 2. The zero-order chi connectivity index (χ0) is 11.4. The first-order chi connectivity index (χ1) is 7.74. The summed E-state index contributed by atoms with van der Waals surface area (Å²) in [5.74, 6) is 1.13. The fraction of sp³-hybridized carbons (Fsp3) is 0.0909. The number of nitrogens with one attached hydrogen (secondary N) is 1. The van der Waals surface area contributed by atoms with E-state index in [1.807, 2.05) is 0 Å². The summed E-state index contributed by atoms with van der Waals surface area (Å²) in [7, 11) is 0. The molecule has 1 aromatic heterocycles. The van der Waals surface area contributed by atoms with E-state index in [9.17, 15) is 4.79 Å². The van der Waals surface area contributed by atoms with Gasteiger partial charge >= 0.3 is 0 Å².